The molecule has 0 saturated heterocycles. The Balaban J connectivity index is 2.31. The number of nitrogens with zero attached hydrogens (tertiary/aromatic N) is 2. The van der Waals surface area contributed by atoms with Crippen LogP contribution in [0, 0.1) is 0 Å². The van der Waals surface area contributed by atoms with Gasteiger partial charge < -0.3 is 0 Å². The van der Waals surface area contributed by atoms with E-state index < -0.39 is 0 Å². The van der Waals surface area contributed by atoms with E-state index in [1.807, 2.05) is 30.3 Å². The lowest BCUT2D eigenvalue weighted by molar-refractivity contribution is 1.29. The first-order valence-corrected chi connectivity index (χ1v) is 6.66. The Hall–Kier alpha value is -1.35. The highest BCUT2D eigenvalue weighted by molar-refractivity contribution is 6.38. The van der Waals surface area contributed by atoms with Gasteiger partial charge in [0.25, 0.3) is 0 Å². The van der Waals surface area contributed by atoms with Gasteiger partial charge in [0.15, 0.2) is 5.15 Å². The van der Waals surface area contributed by atoms with E-state index in [4.69, 9.17) is 34.8 Å². The Morgan fingerprint density at radius 3 is 2.32 bits per heavy atom. The smallest absolute Gasteiger partial charge is 0.156 e. The highest BCUT2D eigenvalue weighted by Gasteiger charge is 2.11. The Bertz CT molecular complexity index is 757. The third-order valence-corrected chi connectivity index (χ3v) is 3.46. The van der Waals surface area contributed by atoms with E-state index in [1.165, 1.54) is 0 Å². The molecule has 3 rings (SSSR count). The van der Waals surface area contributed by atoms with Crippen molar-refractivity contribution in [1.82, 2.24) is 9.97 Å². The summed E-state index contributed by atoms with van der Waals surface area (Å²) in [4.78, 5) is 8.81. The fourth-order valence-electron chi connectivity index (χ4n) is 1.85. The van der Waals surface area contributed by atoms with Gasteiger partial charge in [-0.15, -0.1) is 0 Å². The van der Waals surface area contributed by atoms with Crippen molar-refractivity contribution in [2.24, 2.45) is 0 Å². The summed E-state index contributed by atoms with van der Waals surface area (Å²) in [6.45, 7) is 0. The van der Waals surface area contributed by atoms with Crippen LogP contribution < -0.4 is 0 Å². The van der Waals surface area contributed by atoms with E-state index in [0.29, 0.717) is 31.9 Å². The molecule has 0 saturated carbocycles. The molecule has 0 N–H and O–H groups in total. The molecule has 0 aliphatic rings. The number of aromatic nitrogens is 2. The monoisotopic (exact) mass is 308 g/mol. The van der Waals surface area contributed by atoms with Crippen LogP contribution in [0.1, 0.15) is 0 Å². The van der Waals surface area contributed by atoms with Gasteiger partial charge in [0, 0.05) is 10.6 Å². The SMILES string of the molecule is Clc1cc(Cl)c2nc(Cl)c(-c3ccccc3)nc2c1. The van der Waals surface area contributed by atoms with Crippen LogP contribution in [0.5, 0.6) is 0 Å². The van der Waals surface area contributed by atoms with Crippen LogP contribution >= 0.6 is 34.8 Å². The van der Waals surface area contributed by atoms with Crippen molar-refractivity contribution in [1.29, 1.82) is 0 Å². The van der Waals surface area contributed by atoms with Gasteiger partial charge >= 0.3 is 0 Å². The highest BCUT2D eigenvalue weighted by atomic mass is 35.5. The van der Waals surface area contributed by atoms with Crippen LogP contribution in [0.3, 0.4) is 0 Å². The molecule has 2 nitrogen and oxygen atoms in total. The van der Waals surface area contributed by atoms with Gasteiger partial charge in [-0.25, -0.2) is 9.97 Å². The average molecular weight is 310 g/mol. The molecule has 0 radical (unpaired) electrons. The molecule has 94 valence electrons. The highest BCUT2D eigenvalue weighted by Crippen LogP contribution is 2.31. The van der Waals surface area contributed by atoms with Gasteiger partial charge in [-0.2, -0.15) is 0 Å². The molecule has 2 aromatic carbocycles. The summed E-state index contributed by atoms with van der Waals surface area (Å²) in [5, 5.41) is 1.28. The number of hydrogen-bond donors (Lipinski definition) is 0. The molecule has 19 heavy (non-hydrogen) atoms. The standard InChI is InChI=1S/C14H7Cl3N2/c15-9-6-10(16)13-11(7-9)18-12(14(17)19-13)8-4-2-1-3-5-8/h1-7H. The zero-order valence-electron chi connectivity index (χ0n) is 9.57. The summed E-state index contributed by atoms with van der Waals surface area (Å²) in [6, 6.07) is 13.0. The van der Waals surface area contributed by atoms with Gasteiger partial charge in [0.2, 0.25) is 0 Å². The molecule has 0 atom stereocenters. The zero-order chi connectivity index (χ0) is 13.4. The topological polar surface area (TPSA) is 25.8 Å². The molecule has 0 bridgehead atoms. The molecule has 1 aromatic heterocycles. The fourth-order valence-corrected chi connectivity index (χ4v) is 2.61. The molecular formula is C14H7Cl3N2. The quantitative estimate of drug-likeness (QED) is 0.613. The van der Waals surface area contributed by atoms with E-state index in [9.17, 15) is 0 Å². The number of hydrogen-bond acceptors (Lipinski definition) is 2. The van der Waals surface area contributed by atoms with Crippen molar-refractivity contribution in [2.45, 2.75) is 0 Å². The number of rotatable bonds is 1. The summed E-state index contributed by atoms with van der Waals surface area (Å²) in [5.74, 6) is 0. The predicted molar refractivity (Wildman–Crippen MR) is 80.0 cm³/mol. The average Bonchev–Trinajstić information content (AvgIpc) is 2.40. The van der Waals surface area contributed by atoms with Crippen LogP contribution in [0.25, 0.3) is 22.3 Å². The van der Waals surface area contributed by atoms with Crippen LogP contribution in [0.2, 0.25) is 15.2 Å². The summed E-state index contributed by atoms with van der Waals surface area (Å²) < 4.78 is 0. The maximum absolute atomic E-state index is 6.18. The van der Waals surface area contributed by atoms with E-state index in [0.717, 1.165) is 5.56 Å². The maximum Gasteiger partial charge on any atom is 0.156 e. The summed E-state index contributed by atoms with van der Waals surface area (Å²) >= 11 is 18.2. The Morgan fingerprint density at radius 2 is 1.58 bits per heavy atom. The molecular weight excluding hydrogens is 303 g/mol. The molecule has 0 aliphatic heterocycles. The van der Waals surface area contributed by atoms with Crippen LogP contribution in [-0.4, -0.2) is 9.97 Å². The van der Waals surface area contributed by atoms with Gasteiger partial charge in [-0.05, 0) is 12.1 Å². The van der Waals surface area contributed by atoms with Crippen molar-refractivity contribution in [3.05, 3.63) is 57.7 Å². The molecule has 0 fully saturated rings. The second-order valence-electron chi connectivity index (χ2n) is 3.98. The van der Waals surface area contributed by atoms with E-state index in [-0.39, 0.29) is 0 Å². The number of benzene rings is 2. The Morgan fingerprint density at radius 1 is 0.842 bits per heavy atom. The zero-order valence-corrected chi connectivity index (χ0v) is 11.8. The van der Waals surface area contributed by atoms with E-state index >= 15 is 0 Å². The van der Waals surface area contributed by atoms with Gasteiger partial charge in [-0.1, -0.05) is 65.1 Å². The van der Waals surface area contributed by atoms with Gasteiger partial charge in [0.05, 0.1) is 10.5 Å². The van der Waals surface area contributed by atoms with Crippen molar-refractivity contribution in [2.75, 3.05) is 0 Å². The molecule has 0 unspecified atom stereocenters. The third kappa shape index (κ3) is 2.39. The molecule has 0 amide bonds. The second-order valence-corrected chi connectivity index (χ2v) is 5.19. The molecule has 5 heteroatoms. The normalized spacial score (nSPS) is 10.9. The minimum absolute atomic E-state index is 0.322. The minimum atomic E-state index is 0.322. The molecule has 0 aliphatic carbocycles. The molecule has 3 aromatic rings. The van der Waals surface area contributed by atoms with Crippen LogP contribution in [0.4, 0.5) is 0 Å². The minimum Gasteiger partial charge on any atom is -0.243 e. The van der Waals surface area contributed by atoms with Gasteiger partial charge in [-0.3, -0.25) is 0 Å². The summed E-state index contributed by atoms with van der Waals surface area (Å²) in [5.41, 5.74) is 2.70. The Kier molecular flexibility index (Phi) is 3.31. The number of halogens is 3. The van der Waals surface area contributed by atoms with Crippen molar-refractivity contribution in [3.63, 3.8) is 0 Å². The Labute approximate surface area is 125 Å². The first-order valence-electron chi connectivity index (χ1n) is 5.53. The van der Waals surface area contributed by atoms with Crippen LogP contribution in [0.15, 0.2) is 42.5 Å². The van der Waals surface area contributed by atoms with Crippen molar-refractivity contribution in [3.8, 4) is 11.3 Å². The van der Waals surface area contributed by atoms with Crippen LogP contribution in [-0.2, 0) is 0 Å². The maximum atomic E-state index is 6.18. The van der Waals surface area contributed by atoms with Crippen molar-refractivity contribution < 1.29 is 0 Å². The lowest BCUT2D eigenvalue weighted by Gasteiger charge is -2.06. The molecule has 0 spiro atoms. The molecule has 1 heterocycles. The summed E-state index contributed by atoms with van der Waals surface area (Å²) in [6.07, 6.45) is 0. The summed E-state index contributed by atoms with van der Waals surface area (Å²) in [7, 11) is 0. The first kappa shape index (κ1) is 12.7. The third-order valence-electron chi connectivity index (χ3n) is 2.69. The largest absolute Gasteiger partial charge is 0.243 e. The number of fused-ring (bicyclic) bond motifs is 1. The van der Waals surface area contributed by atoms with E-state index in [1.54, 1.807) is 12.1 Å². The van der Waals surface area contributed by atoms with Gasteiger partial charge in [0.1, 0.15) is 11.2 Å². The van der Waals surface area contributed by atoms with E-state index in [2.05, 4.69) is 9.97 Å². The van der Waals surface area contributed by atoms with Crippen molar-refractivity contribution >= 4 is 45.8 Å². The second kappa shape index (κ2) is 4.97. The lowest BCUT2D eigenvalue weighted by atomic mass is 10.1. The first-order chi connectivity index (χ1) is 9.15. The predicted octanol–water partition coefficient (Wildman–Crippen LogP) is 5.26. The fraction of sp³-hybridized carbons (Fsp3) is 0. The lowest BCUT2D eigenvalue weighted by Crippen LogP contribution is -1.92.